The lowest BCUT2D eigenvalue weighted by Crippen LogP contribution is -2.48. The van der Waals surface area contributed by atoms with Crippen LogP contribution in [0.1, 0.15) is 31.1 Å². The lowest BCUT2D eigenvalue weighted by molar-refractivity contribution is 0.144. The quantitative estimate of drug-likeness (QED) is 0.496. The van der Waals surface area contributed by atoms with E-state index in [1.165, 1.54) is 4.88 Å². The number of hydrazine groups is 1. The zero-order valence-corrected chi connectivity index (χ0v) is 12.3. The summed E-state index contributed by atoms with van der Waals surface area (Å²) < 4.78 is 0. The second-order valence-electron chi connectivity index (χ2n) is 5.24. The van der Waals surface area contributed by atoms with E-state index in [4.69, 9.17) is 5.84 Å². The Labute approximate surface area is 121 Å². The number of aliphatic hydroxyl groups is 1. The maximum Gasteiger partial charge on any atom is 0.240 e. The average Bonchev–Trinajstić information content (AvgIpc) is 2.85. The summed E-state index contributed by atoms with van der Waals surface area (Å²) in [6.45, 7) is 2.24. The number of aliphatic hydroxyl groups excluding tert-OH is 1. The van der Waals surface area contributed by atoms with Crippen LogP contribution in [0.25, 0.3) is 10.2 Å². The van der Waals surface area contributed by atoms with Crippen LogP contribution in [0.15, 0.2) is 6.07 Å². The topological polar surface area (TPSA) is 96.1 Å². The Morgan fingerprint density at radius 1 is 1.45 bits per heavy atom. The van der Waals surface area contributed by atoms with Crippen LogP contribution in [0.3, 0.4) is 0 Å². The molecule has 1 aliphatic rings. The molecule has 0 spiro atoms. The van der Waals surface area contributed by atoms with E-state index in [2.05, 4.69) is 33.7 Å². The Bertz CT molecular complexity index is 617. The summed E-state index contributed by atoms with van der Waals surface area (Å²) in [6, 6.07) is 2.12. The van der Waals surface area contributed by atoms with Gasteiger partial charge in [0.1, 0.15) is 10.6 Å². The molecule has 0 amide bonds. The van der Waals surface area contributed by atoms with Gasteiger partial charge in [-0.1, -0.05) is 6.92 Å². The normalized spacial score (nSPS) is 16.9. The molecule has 3 rings (SSSR count). The molecule has 2 aromatic rings. The van der Waals surface area contributed by atoms with E-state index in [0.717, 1.165) is 41.7 Å². The van der Waals surface area contributed by atoms with Crippen molar-refractivity contribution in [3.8, 4) is 0 Å². The monoisotopic (exact) mass is 293 g/mol. The first-order valence-electron chi connectivity index (χ1n) is 6.86. The molecule has 0 aromatic carbocycles. The molecule has 7 heteroatoms. The molecule has 2 heterocycles. The first-order chi connectivity index (χ1) is 9.69. The number of nitrogens with zero attached hydrogens (tertiary/aromatic N) is 2. The minimum absolute atomic E-state index is 0.120. The fraction of sp³-hybridized carbons (Fsp3) is 0.538. The standard InChI is InChI=1S/C13H19N5OS/c1-2-8-6-9-10(17-13(7-19)4-3-5-13)15-12(18-14)16-11(9)20-8/h6,19H,2-5,7,14H2,1H3,(H2,15,16,17,18). The second kappa shape index (κ2) is 5.16. The maximum atomic E-state index is 9.60. The fourth-order valence-corrected chi connectivity index (χ4v) is 3.45. The number of anilines is 2. The number of hydrogen-bond donors (Lipinski definition) is 4. The number of nitrogens with two attached hydrogens (primary N) is 1. The van der Waals surface area contributed by atoms with E-state index in [-0.39, 0.29) is 12.1 Å². The number of aryl methyl sites for hydroxylation is 1. The van der Waals surface area contributed by atoms with Crippen molar-refractivity contribution in [2.24, 2.45) is 5.84 Å². The highest BCUT2D eigenvalue weighted by atomic mass is 32.1. The van der Waals surface area contributed by atoms with Crippen LogP contribution < -0.4 is 16.6 Å². The smallest absolute Gasteiger partial charge is 0.240 e. The highest BCUT2D eigenvalue weighted by Gasteiger charge is 2.37. The van der Waals surface area contributed by atoms with Gasteiger partial charge in [-0.15, -0.1) is 11.3 Å². The second-order valence-corrected chi connectivity index (χ2v) is 6.36. The highest BCUT2D eigenvalue weighted by Crippen LogP contribution is 2.38. The first kappa shape index (κ1) is 13.5. The van der Waals surface area contributed by atoms with Gasteiger partial charge in [-0.25, -0.2) is 10.8 Å². The molecule has 1 aliphatic carbocycles. The van der Waals surface area contributed by atoms with Gasteiger partial charge < -0.3 is 10.4 Å². The third-order valence-electron chi connectivity index (χ3n) is 3.92. The third-order valence-corrected chi connectivity index (χ3v) is 5.09. The van der Waals surface area contributed by atoms with E-state index in [0.29, 0.717) is 5.95 Å². The average molecular weight is 293 g/mol. The predicted octanol–water partition coefficient (Wildman–Crippen LogP) is 1.87. The van der Waals surface area contributed by atoms with Crippen LogP contribution >= 0.6 is 11.3 Å². The molecule has 0 unspecified atom stereocenters. The summed E-state index contributed by atoms with van der Waals surface area (Å²) in [7, 11) is 0. The Morgan fingerprint density at radius 3 is 2.80 bits per heavy atom. The summed E-state index contributed by atoms with van der Waals surface area (Å²) in [6.07, 6.45) is 4.03. The first-order valence-corrected chi connectivity index (χ1v) is 7.67. The summed E-state index contributed by atoms with van der Waals surface area (Å²) in [5.41, 5.74) is 2.27. The molecular formula is C13H19N5OS. The van der Waals surface area contributed by atoms with Gasteiger partial charge in [0.2, 0.25) is 5.95 Å². The molecular weight excluding hydrogens is 274 g/mol. The number of thiophene rings is 1. The van der Waals surface area contributed by atoms with Gasteiger partial charge in [-0.3, -0.25) is 5.43 Å². The van der Waals surface area contributed by atoms with Crippen molar-refractivity contribution in [1.29, 1.82) is 0 Å². The maximum absolute atomic E-state index is 9.60. The molecule has 0 atom stereocenters. The van der Waals surface area contributed by atoms with Crippen LogP contribution in [0.4, 0.5) is 11.8 Å². The van der Waals surface area contributed by atoms with Crippen LogP contribution in [0.2, 0.25) is 0 Å². The van der Waals surface area contributed by atoms with Crippen molar-refractivity contribution < 1.29 is 5.11 Å². The molecule has 0 saturated heterocycles. The minimum Gasteiger partial charge on any atom is -0.394 e. The van der Waals surface area contributed by atoms with Crippen LogP contribution in [0.5, 0.6) is 0 Å². The lowest BCUT2D eigenvalue weighted by Gasteiger charge is -2.41. The number of nitrogen functional groups attached to an aromatic ring is 1. The molecule has 1 fully saturated rings. The molecule has 2 aromatic heterocycles. The van der Waals surface area contributed by atoms with Crippen molar-refractivity contribution in [1.82, 2.24) is 9.97 Å². The van der Waals surface area contributed by atoms with Gasteiger partial charge in [0.15, 0.2) is 0 Å². The van der Waals surface area contributed by atoms with Gasteiger partial charge in [0.05, 0.1) is 17.5 Å². The van der Waals surface area contributed by atoms with Gasteiger partial charge in [-0.2, -0.15) is 4.98 Å². The van der Waals surface area contributed by atoms with Crippen molar-refractivity contribution in [2.45, 2.75) is 38.1 Å². The summed E-state index contributed by atoms with van der Waals surface area (Å²) >= 11 is 1.65. The number of nitrogens with one attached hydrogen (secondary N) is 2. The van der Waals surface area contributed by atoms with Crippen LogP contribution in [0, 0.1) is 0 Å². The Balaban J connectivity index is 2.05. The van der Waals surface area contributed by atoms with Crippen molar-refractivity contribution >= 4 is 33.3 Å². The number of hydrogen-bond acceptors (Lipinski definition) is 7. The SMILES string of the molecule is CCc1cc2c(NC3(CO)CCC3)nc(NN)nc2s1. The predicted molar refractivity (Wildman–Crippen MR) is 81.9 cm³/mol. The number of rotatable bonds is 5. The van der Waals surface area contributed by atoms with Gasteiger partial charge in [0.25, 0.3) is 0 Å². The Hall–Kier alpha value is -1.44. The summed E-state index contributed by atoms with van der Waals surface area (Å²) in [5.74, 6) is 6.60. The van der Waals surface area contributed by atoms with Gasteiger partial charge in [0, 0.05) is 4.88 Å². The summed E-state index contributed by atoms with van der Waals surface area (Å²) in [4.78, 5) is 11.0. The largest absolute Gasteiger partial charge is 0.394 e. The fourth-order valence-electron chi connectivity index (χ4n) is 2.48. The third kappa shape index (κ3) is 2.21. The van der Waals surface area contributed by atoms with E-state index >= 15 is 0 Å². The molecule has 1 saturated carbocycles. The lowest BCUT2D eigenvalue weighted by atomic mass is 9.77. The van der Waals surface area contributed by atoms with E-state index in [1.54, 1.807) is 11.3 Å². The van der Waals surface area contributed by atoms with Gasteiger partial charge >= 0.3 is 0 Å². The molecule has 108 valence electrons. The van der Waals surface area contributed by atoms with Gasteiger partial charge in [-0.05, 0) is 31.7 Å². The number of aromatic nitrogens is 2. The summed E-state index contributed by atoms with van der Waals surface area (Å²) in [5, 5.41) is 14.0. The van der Waals surface area contributed by atoms with Crippen LogP contribution in [-0.4, -0.2) is 27.2 Å². The zero-order chi connectivity index (χ0) is 14.2. The van der Waals surface area contributed by atoms with Crippen molar-refractivity contribution in [2.75, 3.05) is 17.3 Å². The Morgan fingerprint density at radius 2 is 2.25 bits per heavy atom. The number of fused-ring (bicyclic) bond motifs is 1. The van der Waals surface area contributed by atoms with Crippen molar-refractivity contribution in [3.63, 3.8) is 0 Å². The molecule has 0 bridgehead atoms. The highest BCUT2D eigenvalue weighted by molar-refractivity contribution is 7.18. The molecule has 6 nitrogen and oxygen atoms in total. The zero-order valence-electron chi connectivity index (χ0n) is 11.4. The van der Waals surface area contributed by atoms with Crippen LogP contribution in [-0.2, 0) is 6.42 Å². The van der Waals surface area contributed by atoms with E-state index in [1.807, 2.05) is 0 Å². The van der Waals surface area contributed by atoms with Crippen molar-refractivity contribution in [3.05, 3.63) is 10.9 Å². The minimum atomic E-state index is -0.235. The Kier molecular flexibility index (Phi) is 3.49. The molecule has 0 aliphatic heterocycles. The molecule has 0 radical (unpaired) electrons. The molecule has 20 heavy (non-hydrogen) atoms. The van der Waals surface area contributed by atoms with E-state index < -0.39 is 0 Å². The molecule has 5 N–H and O–H groups in total. The van der Waals surface area contributed by atoms with E-state index in [9.17, 15) is 5.11 Å².